The lowest BCUT2D eigenvalue weighted by atomic mass is 9.76. The molecule has 1 saturated carbocycles. The van der Waals surface area contributed by atoms with Gasteiger partial charge in [0.15, 0.2) is 0 Å². The molecule has 2 nitrogen and oxygen atoms in total. The van der Waals surface area contributed by atoms with E-state index in [1.807, 2.05) is 0 Å². The average molecular weight is 236 g/mol. The minimum absolute atomic E-state index is 0.786. The predicted octanol–water partition coefficient (Wildman–Crippen LogP) is 2.49. The Balaban J connectivity index is 1.62. The van der Waals surface area contributed by atoms with Crippen LogP contribution in [-0.4, -0.2) is 36.6 Å². The lowest BCUT2D eigenvalue weighted by Gasteiger charge is -2.48. The van der Waals surface area contributed by atoms with Crippen LogP contribution in [0.25, 0.3) is 0 Å². The third-order valence-corrected chi connectivity index (χ3v) is 5.61. The van der Waals surface area contributed by atoms with E-state index >= 15 is 0 Å². The Bertz CT molecular complexity index is 248. The van der Waals surface area contributed by atoms with Gasteiger partial charge in [0.25, 0.3) is 0 Å². The van der Waals surface area contributed by atoms with Crippen molar-refractivity contribution >= 4 is 0 Å². The van der Waals surface area contributed by atoms with Gasteiger partial charge in [-0.15, -0.1) is 0 Å². The van der Waals surface area contributed by atoms with Crippen molar-refractivity contribution in [2.45, 2.75) is 58.0 Å². The molecule has 1 N–H and O–H groups in total. The molecule has 3 heterocycles. The highest BCUT2D eigenvalue weighted by Crippen LogP contribution is 2.33. The van der Waals surface area contributed by atoms with Gasteiger partial charge >= 0.3 is 0 Å². The van der Waals surface area contributed by atoms with Crippen molar-refractivity contribution in [1.82, 2.24) is 10.2 Å². The quantitative estimate of drug-likeness (QED) is 0.792. The smallest absolute Gasteiger partial charge is 0.0227 e. The fourth-order valence-corrected chi connectivity index (χ4v) is 4.41. The fourth-order valence-electron chi connectivity index (χ4n) is 4.41. The van der Waals surface area contributed by atoms with Crippen LogP contribution in [0.3, 0.4) is 0 Å². The number of hydrogen-bond acceptors (Lipinski definition) is 2. The Morgan fingerprint density at radius 2 is 1.59 bits per heavy atom. The third kappa shape index (κ3) is 2.39. The molecule has 0 amide bonds. The van der Waals surface area contributed by atoms with Crippen LogP contribution in [0, 0.1) is 17.8 Å². The highest BCUT2D eigenvalue weighted by molar-refractivity contribution is 4.95. The van der Waals surface area contributed by atoms with E-state index in [0.29, 0.717) is 0 Å². The summed E-state index contributed by atoms with van der Waals surface area (Å²) in [6, 6.07) is 1.58. The van der Waals surface area contributed by atoms with Crippen molar-refractivity contribution < 1.29 is 0 Å². The van der Waals surface area contributed by atoms with E-state index in [0.717, 1.165) is 29.8 Å². The lowest BCUT2D eigenvalue weighted by Crippen LogP contribution is -2.60. The van der Waals surface area contributed by atoms with Crippen LogP contribution in [0.4, 0.5) is 0 Å². The summed E-state index contributed by atoms with van der Waals surface area (Å²) < 4.78 is 0. The summed E-state index contributed by atoms with van der Waals surface area (Å²) in [5, 5.41) is 4.05. The highest BCUT2D eigenvalue weighted by atomic mass is 15.2. The molecule has 17 heavy (non-hydrogen) atoms. The molecule has 98 valence electrons. The molecule has 0 aromatic rings. The van der Waals surface area contributed by atoms with Gasteiger partial charge in [0, 0.05) is 18.6 Å². The minimum atomic E-state index is 0.786. The van der Waals surface area contributed by atoms with E-state index in [4.69, 9.17) is 0 Å². The zero-order valence-corrected chi connectivity index (χ0v) is 11.5. The van der Waals surface area contributed by atoms with Gasteiger partial charge in [-0.3, -0.25) is 0 Å². The minimum Gasteiger partial charge on any atom is -0.309 e. The first-order valence-corrected chi connectivity index (χ1v) is 7.72. The van der Waals surface area contributed by atoms with Gasteiger partial charge in [0.2, 0.25) is 0 Å². The van der Waals surface area contributed by atoms with E-state index in [9.17, 15) is 0 Å². The monoisotopic (exact) mass is 236 g/mol. The summed E-state index contributed by atoms with van der Waals surface area (Å²) in [6.07, 6.45) is 7.19. The first-order chi connectivity index (χ1) is 8.24. The molecule has 3 saturated heterocycles. The van der Waals surface area contributed by atoms with E-state index in [-0.39, 0.29) is 0 Å². The first-order valence-electron chi connectivity index (χ1n) is 7.72. The Morgan fingerprint density at radius 1 is 0.941 bits per heavy atom. The molecule has 0 aromatic heterocycles. The largest absolute Gasteiger partial charge is 0.309 e. The molecule has 4 fully saturated rings. The zero-order chi connectivity index (χ0) is 11.8. The van der Waals surface area contributed by atoms with Gasteiger partial charge < -0.3 is 10.2 Å². The van der Waals surface area contributed by atoms with Gasteiger partial charge in [-0.25, -0.2) is 0 Å². The van der Waals surface area contributed by atoms with Gasteiger partial charge in [0.05, 0.1) is 0 Å². The van der Waals surface area contributed by atoms with E-state index < -0.39 is 0 Å². The van der Waals surface area contributed by atoms with Crippen LogP contribution in [0.15, 0.2) is 0 Å². The molecule has 4 aliphatic rings. The second-order valence-electron chi connectivity index (χ2n) is 6.82. The molecular formula is C15H28N2. The van der Waals surface area contributed by atoms with Gasteiger partial charge in [-0.05, 0) is 56.5 Å². The number of hydrogen-bond donors (Lipinski definition) is 1. The Labute approximate surface area is 106 Å². The van der Waals surface area contributed by atoms with Gasteiger partial charge in [-0.1, -0.05) is 20.3 Å². The van der Waals surface area contributed by atoms with Crippen LogP contribution in [0.5, 0.6) is 0 Å². The topological polar surface area (TPSA) is 15.3 Å². The van der Waals surface area contributed by atoms with Crippen molar-refractivity contribution in [1.29, 1.82) is 0 Å². The molecule has 1 aliphatic carbocycles. The fraction of sp³-hybridized carbons (Fsp3) is 1.00. The maximum atomic E-state index is 4.05. The number of fused-ring (bicyclic) bond motifs is 3. The van der Waals surface area contributed by atoms with Crippen molar-refractivity contribution in [2.75, 3.05) is 19.6 Å². The van der Waals surface area contributed by atoms with Crippen molar-refractivity contribution in [3.8, 4) is 0 Å². The van der Waals surface area contributed by atoms with Gasteiger partial charge in [0.1, 0.15) is 0 Å². The summed E-state index contributed by atoms with van der Waals surface area (Å²) in [4.78, 5) is 2.66. The van der Waals surface area contributed by atoms with Gasteiger partial charge in [-0.2, -0.15) is 0 Å². The molecule has 2 bridgehead atoms. The van der Waals surface area contributed by atoms with Crippen LogP contribution in [0.2, 0.25) is 0 Å². The third-order valence-electron chi connectivity index (χ3n) is 5.61. The Hall–Kier alpha value is -0.0800. The Morgan fingerprint density at radius 3 is 2.12 bits per heavy atom. The summed E-state index contributed by atoms with van der Waals surface area (Å²) in [5.41, 5.74) is 0. The number of piperidine rings is 3. The molecule has 3 atom stereocenters. The second kappa shape index (κ2) is 4.89. The lowest BCUT2D eigenvalue weighted by molar-refractivity contribution is 0.0517. The van der Waals surface area contributed by atoms with Crippen molar-refractivity contribution in [2.24, 2.45) is 17.8 Å². The van der Waals surface area contributed by atoms with Crippen LogP contribution in [-0.2, 0) is 0 Å². The molecule has 3 unspecified atom stereocenters. The van der Waals surface area contributed by atoms with Crippen LogP contribution in [0.1, 0.15) is 46.0 Å². The normalized spacial score (nSPS) is 50.5. The highest BCUT2D eigenvalue weighted by Gasteiger charge is 2.37. The summed E-state index contributed by atoms with van der Waals surface area (Å²) in [5.74, 6) is 2.74. The van der Waals surface area contributed by atoms with Crippen LogP contribution < -0.4 is 5.32 Å². The average Bonchev–Trinajstić information content (AvgIpc) is 2.36. The molecule has 0 spiro atoms. The first kappa shape index (κ1) is 12.0. The molecule has 3 aliphatic heterocycles. The molecule has 2 heteroatoms. The van der Waals surface area contributed by atoms with E-state index in [1.54, 1.807) is 0 Å². The number of nitrogens with zero attached hydrogens (tertiary/aromatic N) is 1. The van der Waals surface area contributed by atoms with Crippen molar-refractivity contribution in [3.05, 3.63) is 0 Å². The zero-order valence-electron chi connectivity index (χ0n) is 11.5. The SMILES string of the molecule is CC1CCCC(C)C1NC1CN2CCC1CC2. The standard InChI is InChI=1S/C15H28N2/c1-11-4-3-5-12(2)15(11)16-14-10-17-8-6-13(14)7-9-17/h11-16H,3-10H2,1-2H3. The van der Waals surface area contributed by atoms with Crippen LogP contribution >= 0.6 is 0 Å². The summed E-state index contributed by atoms with van der Waals surface area (Å²) in [7, 11) is 0. The molecule has 0 radical (unpaired) electrons. The van der Waals surface area contributed by atoms with E-state index in [1.165, 1.54) is 51.7 Å². The molecular weight excluding hydrogens is 208 g/mol. The number of rotatable bonds is 2. The van der Waals surface area contributed by atoms with Crippen molar-refractivity contribution in [3.63, 3.8) is 0 Å². The second-order valence-corrected chi connectivity index (χ2v) is 6.82. The number of nitrogens with one attached hydrogen (secondary N) is 1. The summed E-state index contributed by atoms with van der Waals surface area (Å²) >= 11 is 0. The molecule has 0 aromatic carbocycles. The van der Waals surface area contributed by atoms with E-state index in [2.05, 4.69) is 24.1 Å². The predicted molar refractivity (Wildman–Crippen MR) is 72.1 cm³/mol. The summed E-state index contributed by atoms with van der Waals surface area (Å²) in [6.45, 7) is 8.95. The maximum Gasteiger partial charge on any atom is 0.0227 e. The Kier molecular flexibility index (Phi) is 3.45. The maximum absolute atomic E-state index is 4.05. The molecule has 4 rings (SSSR count).